The van der Waals surface area contributed by atoms with Crippen LogP contribution in [0.2, 0.25) is 0 Å². The zero-order chi connectivity index (χ0) is 13.7. The summed E-state index contributed by atoms with van der Waals surface area (Å²) in [5, 5.41) is 2.88. The first-order valence-corrected chi connectivity index (χ1v) is 7.03. The largest absolute Gasteiger partial charge is 0.350 e. The van der Waals surface area contributed by atoms with Crippen molar-refractivity contribution in [3.8, 4) is 0 Å². The van der Waals surface area contributed by atoms with Gasteiger partial charge in [0.2, 0.25) is 5.95 Å². The summed E-state index contributed by atoms with van der Waals surface area (Å²) in [5.41, 5.74) is 0.455. The van der Waals surface area contributed by atoms with E-state index in [-0.39, 0.29) is 5.91 Å². The number of rotatable bonds is 4. The van der Waals surface area contributed by atoms with E-state index in [0.29, 0.717) is 24.1 Å². The fraction of sp³-hybridized carbons (Fsp3) is 0.643. The highest BCUT2D eigenvalue weighted by Gasteiger charge is 2.15. The van der Waals surface area contributed by atoms with E-state index in [2.05, 4.69) is 34.0 Å². The molecule has 1 N–H and O–H groups in total. The van der Waals surface area contributed by atoms with E-state index in [1.165, 1.54) is 19.3 Å². The van der Waals surface area contributed by atoms with Crippen molar-refractivity contribution < 1.29 is 4.79 Å². The monoisotopic (exact) mass is 262 g/mol. The zero-order valence-electron chi connectivity index (χ0n) is 11.7. The van der Waals surface area contributed by atoms with Crippen molar-refractivity contribution in [2.75, 3.05) is 24.5 Å². The molecule has 19 heavy (non-hydrogen) atoms. The molecule has 1 aliphatic heterocycles. The van der Waals surface area contributed by atoms with Crippen molar-refractivity contribution in [3.05, 3.63) is 18.0 Å². The van der Waals surface area contributed by atoms with Crippen molar-refractivity contribution >= 4 is 11.9 Å². The van der Waals surface area contributed by atoms with Crippen LogP contribution in [-0.2, 0) is 0 Å². The van der Waals surface area contributed by atoms with E-state index in [0.717, 1.165) is 13.1 Å². The first-order chi connectivity index (χ1) is 9.16. The molecule has 0 spiro atoms. The molecule has 1 aromatic heterocycles. The van der Waals surface area contributed by atoms with Crippen LogP contribution in [0.15, 0.2) is 12.3 Å². The molecule has 5 heteroatoms. The Morgan fingerprint density at radius 3 is 2.79 bits per heavy atom. The molecule has 5 nitrogen and oxygen atoms in total. The fourth-order valence-corrected chi connectivity index (χ4v) is 2.11. The Labute approximate surface area is 114 Å². The molecule has 0 atom stereocenters. The molecule has 0 saturated carbocycles. The summed E-state index contributed by atoms with van der Waals surface area (Å²) in [6.45, 7) is 6.77. The van der Waals surface area contributed by atoms with E-state index in [1.54, 1.807) is 12.3 Å². The molecule has 1 fully saturated rings. The van der Waals surface area contributed by atoms with E-state index in [1.807, 2.05) is 0 Å². The van der Waals surface area contributed by atoms with Crippen LogP contribution in [0, 0.1) is 5.92 Å². The maximum Gasteiger partial charge on any atom is 0.270 e. The lowest BCUT2D eigenvalue weighted by Crippen LogP contribution is -2.32. The second kappa shape index (κ2) is 6.50. The standard InChI is InChI=1S/C14H22N4O/c1-11(2)10-16-13(19)12-6-7-15-14(17-12)18-8-4-3-5-9-18/h6-7,11H,3-5,8-10H2,1-2H3,(H,16,19). The van der Waals surface area contributed by atoms with Gasteiger partial charge in [0.25, 0.3) is 5.91 Å². The summed E-state index contributed by atoms with van der Waals surface area (Å²) in [7, 11) is 0. The summed E-state index contributed by atoms with van der Waals surface area (Å²) >= 11 is 0. The molecule has 1 saturated heterocycles. The first-order valence-electron chi connectivity index (χ1n) is 7.03. The Kier molecular flexibility index (Phi) is 4.71. The SMILES string of the molecule is CC(C)CNC(=O)c1ccnc(N2CCCCC2)n1. The third kappa shape index (κ3) is 3.91. The van der Waals surface area contributed by atoms with Gasteiger partial charge in [-0.1, -0.05) is 13.8 Å². The van der Waals surface area contributed by atoms with Gasteiger partial charge in [-0.3, -0.25) is 4.79 Å². The molecule has 2 rings (SSSR count). The van der Waals surface area contributed by atoms with E-state index in [9.17, 15) is 4.79 Å². The number of nitrogens with one attached hydrogen (secondary N) is 1. The van der Waals surface area contributed by atoms with Gasteiger partial charge >= 0.3 is 0 Å². The molecule has 0 radical (unpaired) electrons. The summed E-state index contributed by atoms with van der Waals surface area (Å²) in [6.07, 6.45) is 5.28. The molecule has 0 unspecified atom stereocenters. The van der Waals surface area contributed by atoms with Crippen molar-refractivity contribution in [2.45, 2.75) is 33.1 Å². The van der Waals surface area contributed by atoms with E-state index >= 15 is 0 Å². The molecule has 2 heterocycles. The minimum Gasteiger partial charge on any atom is -0.350 e. The van der Waals surface area contributed by atoms with Gasteiger partial charge in [-0.15, -0.1) is 0 Å². The van der Waals surface area contributed by atoms with Gasteiger partial charge in [0.05, 0.1) is 0 Å². The maximum absolute atomic E-state index is 12.0. The summed E-state index contributed by atoms with van der Waals surface area (Å²) in [5.74, 6) is 0.999. The third-order valence-electron chi connectivity index (χ3n) is 3.19. The average molecular weight is 262 g/mol. The lowest BCUT2D eigenvalue weighted by Gasteiger charge is -2.26. The predicted molar refractivity (Wildman–Crippen MR) is 75.3 cm³/mol. The van der Waals surface area contributed by atoms with Gasteiger partial charge < -0.3 is 10.2 Å². The number of aromatic nitrogens is 2. The number of piperidine rings is 1. The van der Waals surface area contributed by atoms with Crippen LogP contribution in [0.1, 0.15) is 43.6 Å². The molecule has 1 amide bonds. The summed E-state index contributed by atoms with van der Waals surface area (Å²) in [6, 6.07) is 1.67. The van der Waals surface area contributed by atoms with Crippen LogP contribution in [0.5, 0.6) is 0 Å². The second-order valence-electron chi connectivity index (χ2n) is 5.39. The maximum atomic E-state index is 12.0. The van der Waals surface area contributed by atoms with Gasteiger partial charge in [0.1, 0.15) is 5.69 Å². The van der Waals surface area contributed by atoms with Gasteiger partial charge in [0.15, 0.2) is 0 Å². The number of nitrogens with zero attached hydrogens (tertiary/aromatic N) is 3. The Morgan fingerprint density at radius 1 is 1.37 bits per heavy atom. The van der Waals surface area contributed by atoms with Crippen molar-refractivity contribution in [3.63, 3.8) is 0 Å². The Morgan fingerprint density at radius 2 is 2.11 bits per heavy atom. The van der Waals surface area contributed by atoms with Crippen molar-refractivity contribution in [1.29, 1.82) is 0 Å². The van der Waals surface area contributed by atoms with Gasteiger partial charge in [-0.2, -0.15) is 0 Å². The Balaban J connectivity index is 2.03. The molecular formula is C14H22N4O. The summed E-state index contributed by atoms with van der Waals surface area (Å²) in [4.78, 5) is 22.8. The number of hydrogen-bond acceptors (Lipinski definition) is 4. The van der Waals surface area contributed by atoms with Gasteiger partial charge in [-0.25, -0.2) is 9.97 Å². The van der Waals surface area contributed by atoms with Crippen LogP contribution in [0.25, 0.3) is 0 Å². The Bertz CT molecular complexity index is 427. The molecule has 104 valence electrons. The summed E-state index contributed by atoms with van der Waals surface area (Å²) < 4.78 is 0. The van der Waals surface area contributed by atoms with Crippen molar-refractivity contribution in [2.24, 2.45) is 5.92 Å². The minimum absolute atomic E-state index is 0.116. The number of carbonyl (C=O) groups excluding carboxylic acids is 1. The molecule has 0 aliphatic carbocycles. The second-order valence-corrected chi connectivity index (χ2v) is 5.39. The highest BCUT2D eigenvalue weighted by Crippen LogP contribution is 2.15. The zero-order valence-corrected chi connectivity index (χ0v) is 11.7. The minimum atomic E-state index is -0.116. The normalized spacial score (nSPS) is 15.6. The lowest BCUT2D eigenvalue weighted by atomic mass is 10.1. The highest BCUT2D eigenvalue weighted by molar-refractivity contribution is 5.92. The lowest BCUT2D eigenvalue weighted by molar-refractivity contribution is 0.0944. The highest BCUT2D eigenvalue weighted by atomic mass is 16.1. The topological polar surface area (TPSA) is 58.1 Å². The van der Waals surface area contributed by atoms with E-state index in [4.69, 9.17) is 0 Å². The first kappa shape index (κ1) is 13.8. The molecule has 1 aromatic rings. The number of anilines is 1. The van der Waals surface area contributed by atoms with Crippen LogP contribution in [-0.4, -0.2) is 35.5 Å². The third-order valence-corrected chi connectivity index (χ3v) is 3.19. The quantitative estimate of drug-likeness (QED) is 0.899. The van der Waals surface area contributed by atoms with Gasteiger partial charge in [-0.05, 0) is 31.2 Å². The van der Waals surface area contributed by atoms with Crippen LogP contribution < -0.4 is 10.2 Å². The fourth-order valence-electron chi connectivity index (χ4n) is 2.11. The smallest absolute Gasteiger partial charge is 0.270 e. The predicted octanol–water partition coefficient (Wildman–Crippen LogP) is 1.85. The molecule has 1 aliphatic rings. The van der Waals surface area contributed by atoms with Crippen molar-refractivity contribution in [1.82, 2.24) is 15.3 Å². The van der Waals surface area contributed by atoms with E-state index < -0.39 is 0 Å². The van der Waals surface area contributed by atoms with Crippen LogP contribution in [0.3, 0.4) is 0 Å². The average Bonchev–Trinajstić information content (AvgIpc) is 2.46. The van der Waals surface area contributed by atoms with Crippen LogP contribution in [0.4, 0.5) is 5.95 Å². The van der Waals surface area contributed by atoms with Crippen LogP contribution >= 0.6 is 0 Å². The molecular weight excluding hydrogens is 240 g/mol. The molecule has 0 bridgehead atoms. The molecule has 0 aromatic carbocycles. The number of carbonyl (C=O) groups is 1. The van der Waals surface area contributed by atoms with Gasteiger partial charge in [0, 0.05) is 25.8 Å². The number of amides is 1. The number of hydrogen-bond donors (Lipinski definition) is 1. The Hall–Kier alpha value is -1.65.